The molecule has 8 nitrogen and oxygen atoms in total. The van der Waals surface area contributed by atoms with E-state index in [1.165, 1.54) is 6.07 Å². The maximum atomic E-state index is 8.73. The van der Waals surface area contributed by atoms with Crippen molar-refractivity contribution in [3.05, 3.63) is 99.9 Å². The zero-order valence-corrected chi connectivity index (χ0v) is 19.5. The molecule has 0 spiro atoms. The van der Waals surface area contributed by atoms with Crippen LogP contribution in [-0.2, 0) is 0 Å². The van der Waals surface area contributed by atoms with Gasteiger partial charge in [0.2, 0.25) is 10.6 Å². The topological polar surface area (TPSA) is 140 Å². The van der Waals surface area contributed by atoms with Crippen molar-refractivity contribution in [1.82, 2.24) is 19.9 Å². The second-order valence-corrected chi connectivity index (χ2v) is 7.19. The Hall–Kier alpha value is -3.57. The average molecular weight is 512 g/mol. The quantitative estimate of drug-likeness (QED) is 0.236. The molecule has 0 unspecified atom stereocenters. The van der Waals surface area contributed by atoms with Crippen LogP contribution in [0.2, 0.25) is 15.7 Å². The molecule has 0 saturated heterocycles. The summed E-state index contributed by atoms with van der Waals surface area (Å²) in [7, 11) is -1.34. The average Bonchev–Trinajstić information content (AvgIpc) is 2.85. The van der Waals surface area contributed by atoms with Crippen LogP contribution < -0.4 is 5.46 Å². The van der Waals surface area contributed by atoms with E-state index >= 15 is 0 Å². The Kier molecular flexibility index (Phi) is 10.9. The highest BCUT2D eigenvalue weighted by Gasteiger charge is 2.07. The first-order chi connectivity index (χ1) is 16.3. The Morgan fingerprint density at radius 2 is 1.18 bits per heavy atom. The number of nitrogens with zero attached hydrogens (tertiary/aromatic N) is 6. The van der Waals surface area contributed by atoms with E-state index in [1.54, 1.807) is 36.4 Å². The van der Waals surface area contributed by atoms with Gasteiger partial charge in [-0.15, -0.1) is 0 Å². The number of nitriles is 2. The van der Waals surface area contributed by atoms with Crippen molar-refractivity contribution in [3.63, 3.8) is 0 Å². The molecule has 0 fully saturated rings. The van der Waals surface area contributed by atoms with E-state index in [9.17, 15) is 0 Å². The van der Waals surface area contributed by atoms with E-state index in [0.29, 0.717) is 11.2 Å². The van der Waals surface area contributed by atoms with E-state index in [2.05, 4.69) is 19.9 Å². The standard InChI is InChI=1S/C11H6ClN3.C6H7BO2.C5HCl2N3/c12-11-14-9(7-13)6-10(15-11)8-4-2-1-3-5-8;8-7(9)6-4-2-1-3-5-6;6-4-1-3(2-8)9-5(7)10-4/h1-6H;1-5,8-9H;1H. The Balaban J connectivity index is 0.000000189. The summed E-state index contributed by atoms with van der Waals surface area (Å²) in [5, 5.41) is 34.5. The van der Waals surface area contributed by atoms with Crippen molar-refractivity contribution in [1.29, 1.82) is 10.5 Å². The summed E-state index contributed by atoms with van der Waals surface area (Å²) in [5.74, 6) is 0. The van der Waals surface area contributed by atoms with Gasteiger partial charge in [-0.1, -0.05) is 72.3 Å². The fraction of sp³-hybridized carbons (Fsp3) is 0. The lowest BCUT2D eigenvalue weighted by molar-refractivity contribution is 0.426. The first-order valence-corrected chi connectivity index (χ1v) is 10.5. The van der Waals surface area contributed by atoms with E-state index < -0.39 is 7.12 Å². The minimum atomic E-state index is -1.34. The van der Waals surface area contributed by atoms with Crippen molar-refractivity contribution in [2.75, 3.05) is 0 Å². The van der Waals surface area contributed by atoms with Gasteiger partial charge in [-0.25, -0.2) is 19.9 Å². The molecule has 2 aromatic heterocycles. The van der Waals surface area contributed by atoms with Gasteiger partial charge < -0.3 is 10.0 Å². The molecule has 0 aliphatic carbocycles. The van der Waals surface area contributed by atoms with Gasteiger partial charge in [0.25, 0.3) is 0 Å². The molecule has 4 rings (SSSR count). The molecule has 12 heteroatoms. The summed E-state index contributed by atoms with van der Waals surface area (Å²) in [5.41, 5.74) is 2.54. The molecule has 0 aliphatic heterocycles. The van der Waals surface area contributed by atoms with Crippen molar-refractivity contribution < 1.29 is 10.0 Å². The van der Waals surface area contributed by atoms with Crippen molar-refractivity contribution in [3.8, 4) is 23.4 Å². The van der Waals surface area contributed by atoms with Crippen LogP contribution in [-0.4, -0.2) is 37.1 Å². The predicted octanol–water partition coefficient (Wildman–Crippen LogP) is 3.69. The van der Waals surface area contributed by atoms with Gasteiger partial charge in [0.05, 0.1) is 5.69 Å². The van der Waals surface area contributed by atoms with Crippen LogP contribution in [0.25, 0.3) is 11.3 Å². The number of rotatable bonds is 2. The molecular formula is C22H14BCl3N6O2. The molecule has 0 atom stereocenters. The molecule has 0 aliphatic rings. The normalized spacial score (nSPS) is 9.26. The number of benzene rings is 2. The summed E-state index contributed by atoms with van der Waals surface area (Å²) < 4.78 is 0. The maximum absolute atomic E-state index is 8.73. The lowest BCUT2D eigenvalue weighted by Crippen LogP contribution is -2.29. The fourth-order valence-corrected chi connectivity index (χ4v) is 2.90. The summed E-state index contributed by atoms with van der Waals surface area (Å²) in [6.07, 6.45) is 0. The van der Waals surface area contributed by atoms with E-state index in [0.717, 1.165) is 5.56 Å². The summed E-state index contributed by atoms with van der Waals surface area (Å²) >= 11 is 16.5. The van der Waals surface area contributed by atoms with Gasteiger partial charge in [-0.05, 0) is 28.7 Å². The summed E-state index contributed by atoms with van der Waals surface area (Å²) in [6, 6.07) is 24.9. The number of hydrogen-bond acceptors (Lipinski definition) is 8. The smallest absolute Gasteiger partial charge is 0.423 e. The number of hydrogen-bond donors (Lipinski definition) is 2. The van der Waals surface area contributed by atoms with Crippen LogP contribution in [0.5, 0.6) is 0 Å². The molecule has 0 saturated carbocycles. The van der Waals surface area contributed by atoms with E-state index in [4.69, 9.17) is 55.4 Å². The van der Waals surface area contributed by atoms with Crippen LogP contribution in [0.3, 0.4) is 0 Å². The molecule has 34 heavy (non-hydrogen) atoms. The van der Waals surface area contributed by atoms with Gasteiger partial charge in [0, 0.05) is 17.7 Å². The molecule has 0 radical (unpaired) electrons. The van der Waals surface area contributed by atoms with Crippen molar-refractivity contribution >= 4 is 47.4 Å². The second kappa shape index (κ2) is 13.9. The first-order valence-electron chi connectivity index (χ1n) is 9.33. The van der Waals surface area contributed by atoms with Crippen LogP contribution in [0.4, 0.5) is 0 Å². The molecule has 4 aromatic rings. The van der Waals surface area contributed by atoms with Crippen LogP contribution >= 0.6 is 34.8 Å². The minimum absolute atomic E-state index is 0.0101. The Bertz CT molecular complexity index is 1280. The van der Waals surface area contributed by atoms with Crippen LogP contribution in [0.15, 0.2) is 72.8 Å². The molecule has 0 bridgehead atoms. The largest absolute Gasteiger partial charge is 0.488 e. The molecule has 2 heterocycles. The number of aromatic nitrogens is 4. The lowest BCUT2D eigenvalue weighted by Gasteiger charge is -2.00. The second-order valence-electron chi connectivity index (χ2n) is 6.13. The summed E-state index contributed by atoms with van der Waals surface area (Å²) in [6.45, 7) is 0. The fourth-order valence-electron chi connectivity index (χ4n) is 2.30. The van der Waals surface area contributed by atoms with Gasteiger partial charge in [-0.3, -0.25) is 0 Å². The third-order valence-electron chi connectivity index (χ3n) is 3.76. The third kappa shape index (κ3) is 9.12. The van der Waals surface area contributed by atoms with Gasteiger partial charge in [0.1, 0.15) is 28.7 Å². The zero-order chi connectivity index (χ0) is 24.9. The molecule has 2 aromatic carbocycles. The monoisotopic (exact) mass is 510 g/mol. The maximum Gasteiger partial charge on any atom is 0.488 e. The highest BCUT2D eigenvalue weighted by atomic mass is 35.5. The first kappa shape index (κ1) is 26.7. The highest BCUT2D eigenvalue weighted by Crippen LogP contribution is 2.18. The van der Waals surface area contributed by atoms with Gasteiger partial charge in [0.15, 0.2) is 0 Å². The summed E-state index contributed by atoms with van der Waals surface area (Å²) in [4.78, 5) is 14.9. The Morgan fingerprint density at radius 1 is 0.676 bits per heavy atom. The third-order valence-corrected chi connectivity index (χ3v) is 4.29. The molecular weight excluding hydrogens is 497 g/mol. The van der Waals surface area contributed by atoms with E-state index in [-0.39, 0.29) is 27.1 Å². The number of halogens is 3. The molecule has 168 valence electrons. The molecule has 2 N–H and O–H groups in total. The van der Waals surface area contributed by atoms with E-state index in [1.807, 2.05) is 42.5 Å². The highest BCUT2D eigenvalue weighted by molar-refractivity contribution is 6.58. The molecule has 0 amide bonds. The van der Waals surface area contributed by atoms with Gasteiger partial charge >= 0.3 is 7.12 Å². The predicted molar refractivity (Wildman–Crippen MR) is 130 cm³/mol. The van der Waals surface area contributed by atoms with Crippen LogP contribution in [0.1, 0.15) is 11.4 Å². The SMILES string of the molecule is N#Cc1cc(-c2ccccc2)nc(Cl)n1.N#Cc1cc(Cl)nc(Cl)n1.OB(O)c1ccccc1. The Morgan fingerprint density at radius 3 is 1.65 bits per heavy atom. The van der Waals surface area contributed by atoms with Crippen LogP contribution in [0, 0.1) is 22.7 Å². The minimum Gasteiger partial charge on any atom is -0.423 e. The Labute approximate surface area is 210 Å². The zero-order valence-electron chi connectivity index (χ0n) is 17.2. The van der Waals surface area contributed by atoms with Gasteiger partial charge in [-0.2, -0.15) is 10.5 Å². The van der Waals surface area contributed by atoms with Crippen molar-refractivity contribution in [2.24, 2.45) is 0 Å². The van der Waals surface area contributed by atoms with Crippen molar-refractivity contribution in [2.45, 2.75) is 0 Å². The lowest BCUT2D eigenvalue weighted by atomic mass is 9.81.